The van der Waals surface area contributed by atoms with Gasteiger partial charge in [-0.2, -0.15) is 0 Å². The Morgan fingerprint density at radius 1 is 0.560 bits per heavy atom. The van der Waals surface area contributed by atoms with Crippen LogP contribution >= 0.6 is 0 Å². The summed E-state index contributed by atoms with van der Waals surface area (Å²) in [6.07, 6.45) is 0. The first-order valence-electron chi connectivity index (χ1n) is 8.12. The Kier molecular flexibility index (Phi) is 5.61. The van der Waals surface area contributed by atoms with Crippen molar-refractivity contribution in [1.82, 2.24) is 0 Å². The number of hydrogen-bond donors (Lipinski definition) is 0. The first-order valence-corrected chi connectivity index (χ1v) is 8.12. The largest absolute Gasteiger partial charge is 0.371 e. The lowest BCUT2D eigenvalue weighted by atomic mass is 9.80. The minimum atomic E-state index is -0.884. The van der Waals surface area contributed by atoms with Crippen molar-refractivity contribution in [2.24, 2.45) is 0 Å². The highest BCUT2D eigenvalue weighted by atomic mass is 16.8. The van der Waals surface area contributed by atoms with Gasteiger partial charge in [0, 0.05) is 14.2 Å². The van der Waals surface area contributed by atoms with E-state index in [0.717, 1.165) is 16.7 Å². The molecular weight excluding hydrogens is 312 g/mol. The Hall–Kier alpha value is -2.46. The van der Waals surface area contributed by atoms with Crippen LogP contribution in [0.4, 0.5) is 0 Å². The van der Waals surface area contributed by atoms with Crippen LogP contribution in [0.5, 0.6) is 0 Å². The van der Waals surface area contributed by atoms with Crippen LogP contribution in [0.15, 0.2) is 91.0 Å². The van der Waals surface area contributed by atoms with E-state index in [-0.39, 0.29) is 6.48 Å². The van der Waals surface area contributed by atoms with Crippen LogP contribution in [0.2, 0.25) is 0 Å². The monoisotopic (exact) mass is 333 g/mol. The highest BCUT2D eigenvalue weighted by Gasteiger charge is 2.41. The Morgan fingerprint density at radius 2 is 0.880 bits per heavy atom. The summed E-state index contributed by atoms with van der Waals surface area (Å²) in [6.45, 7) is 0.108. The summed E-state index contributed by atoms with van der Waals surface area (Å²) >= 11 is 0. The predicted molar refractivity (Wildman–Crippen MR) is 97.6 cm³/mol. The minimum Gasteiger partial charge on any atom is -0.324 e. The molecule has 0 aromatic heterocycles. The fourth-order valence-corrected chi connectivity index (χ4v) is 2.99. The van der Waals surface area contributed by atoms with Crippen molar-refractivity contribution >= 4 is 0 Å². The van der Waals surface area contributed by atoms with E-state index in [1.807, 2.05) is 91.0 Å². The maximum absolute atomic E-state index is 6.37. The van der Waals surface area contributed by atoms with Crippen molar-refractivity contribution in [2.45, 2.75) is 5.60 Å². The van der Waals surface area contributed by atoms with Gasteiger partial charge in [0.15, 0.2) is 0 Å². The fraction of sp³-hybridized carbons (Fsp3) is 0.136. The summed E-state index contributed by atoms with van der Waals surface area (Å²) in [5, 5.41) is 0. The van der Waals surface area contributed by atoms with Crippen LogP contribution in [0, 0.1) is 6.48 Å². The quantitative estimate of drug-likeness (QED) is 0.585. The summed E-state index contributed by atoms with van der Waals surface area (Å²) in [7, 11) is 3.06. The highest BCUT2D eigenvalue weighted by Crippen LogP contribution is 2.42. The van der Waals surface area contributed by atoms with Crippen LogP contribution in [-0.2, 0) is 19.8 Å². The molecule has 0 bridgehead atoms. The van der Waals surface area contributed by atoms with Crippen molar-refractivity contribution in [3.05, 3.63) is 114 Å². The van der Waals surface area contributed by atoms with Crippen molar-refractivity contribution < 1.29 is 14.2 Å². The first-order chi connectivity index (χ1) is 12.3. The summed E-state index contributed by atoms with van der Waals surface area (Å²) in [4.78, 5) is 0. The van der Waals surface area contributed by atoms with Crippen LogP contribution in [0.3, 0.4) is 0 Å². The molecule has 0 unspecified atom stereocenters. The molecule has 0 N–H and O–H groups in total. The van der Waals surface area contributed by atoms with Gasteiger partial charge in [0.05, 0.1) is 0 Å². The lowest BCUT2D eigenvalue weighted by molar-refractivity contribution is -0.199. The highest BCUT2D eigenvalue weighted by molar-refractivity contribution is 5.47. The molecule has 3 aromatic carbocycles. The van der Waals surface area contributed by atoms with Crippen LogP contribution in [0.25, 0.3) is 0 Å². The Morgan fingerprint density at radius 3 is 1.16 bits per heavy atom. The number of ether oxygens (including phenoxy) is 3. The third-order valence-corrected chi connectivity index (χ3v) is 4.11. The molecule has 0 saturated heterocycles. The number of rotatable bonds is 7. The minimum absolute atomic E-state index is 0.108. The van der Waals surface area contributed by atoms with Gasteiger partial charge in [-0.25, -0.2) is 0 Å². The van der Waals surface area contributed by atoms with Crippen molar-refractivity contribution in [3.8, 4) is 0 Å². The van der Waals surface area contributed by atoms with E-state index in [1.165, 1.54) is 14.2 Å². The van der Waals surface area contributed by atoms with E-state index in [1.54, 1.807) is 0 Å². The first kappa shape index (κ1) is 17.4. The smallest absolute Gasteiger partial charge is 0.324 e. The standard InChI is InChI=1S/C22H21O3/c1-23-21(24-2)25-22(18-12-6-3-7-13-18,19-14-8-4-9-15-19)20-16-10-5-11-17-20/h3-17H,1-2H3. The van der Waals surface area contributed by atoms with Gasteiger partial charge in [0.2, 0.25) is 0 Å². The van der Waals surface area contributed by atoms with Gasteiger partial charge in [0.1, 0.15) is 5.60 Å². The number of methoxy groups -OCH3 is 2. The molecule has 0 saturated carbocycles. The van der Waals surface area contributed by atoms with Crippen LogP contribution < -0.4 is 0 Å². The maximum Gasteiger partial charge on any atom is 0.371 e. The van der Waals surface area contributed by atoms with E-state index < -0.39 is 5.60 Å². The SMILES string of the molecule is CO[C](OC)OC(c1ccccc1)(c1ccccc1)c1ccccc1. The molecule has 0 aliphatic carbocycles. The summed E-state index contributed by atoms with van der Waals surface area (Å²) in [5.74, 6) is 0. The van der Waals surface area contributed by atoms with E-state index in [2.05, 4.69) is 0 Å². The zero-order valence-electron chi connectivity index (χ0n) is 14.4. The second-order valence-corrected chi connectivity index (χ2v) is 5.54. The molecule has 3 rings (SSSR count). The van der Waals surface area contributed by atoms with Crippen molar-refractivity contribution in [2.75, 3.05) is 14.2 Å². The van der Waals surface area contributed by atoms with Crippen molar-refractivity contribution in [3.63, 3.8) is 0 Å². The molecular formula is C22H21O3. The predicted octanol–water partition coefficient (Wildman–Crippen LogP) is 4.73. The van der Waals surface area contributed by atoms with Gasteiger partial charge >= 0.3 is 6.48 Å². The van der Waals surface area contributed by atoms with Gasteiger partial charge in [-0.1, -0.05) is 91.0 Å². The number of hydrogen-bond acceptors (Lipinski definition) is 3. The Bertz CT molecular complexity index is 656. The average Bonchev–Trinajstić information content (AvgIpc) is 2.71. The second kappa shape index (κ2) is 8.08. The molecule has 0 fully saturated rings. The molecule has 3 heteroatoms. The fourth-order valence-electron chi connectivity index (χ4n) is 2.99. The maximum atomic E-state index is 6.37. The average molecular weight is 333 g/mol. The third-order valence-electron chi connectivity index (χ3n) is 4.11. The molecule has 0 aliphatic heterocycles. The molecule has 0 aliphatic rings. The van der Waals surface area contributed by atoms with Gasteiger partial charge < -0.3 is 9.47 Å². The molecule has 127 valence electrons. The molecule has 0 atom stereocenters. The molecule has 0 spiro atoms. The molecule has 0 heterocycles. The summed E-state index contributed by atoms with van der Waals surface area (Å²) in [6, 6.07) is 30.2. The molecule has 1 radical (unpaired) electrons. The lowest BCUT2D eigenvalue weighted by Gasteiger charge is -2.36. The normalized spacial score (nSPS) is 11.6. The van der Waals surface area contributed by atoms with Gasteiger partial charge in [0.25, 0.3) is 0 Å². The lowest BCUT2D eigenvalue weighted by Crippen LogP contribution is -2.35. The van der Waals surface area contributed by atoms with Crippen LogP contribution in [-0.4, -0.2) is 14.2 Å². The molecule has 3 nitrogen and oxygen atoms in total. The summed E-state index contributed by atoms with van der Waals surface area (Å²) in [5.41, 5.74) is 2.07. The van der Waals surface area contributed by atoms with E-state index in [9.17, 15) is 0 Å². The Balaban J connectivity index is 2.27. The zero-order chi connectivity index (χ0) is 17.5. The van der Waals surface area contributed by atoms with E-state index in [0.29, 0.717) is 0 Å². The second-order valence-electron chi connectivity index (χ2n) is 5.54. The Labute approximate surface area is 148 Å². The van der Waals surface area contributed by atoms with Gasteiger partial charge in [-0.15, -0.1) is 0 Å². The third kappa shape index (κ3) is 3.49. The van der Waals surface area contributed by atoms with Gasteiger partial charge in [-0.3, -0.25) is 4.74 Å². The van der Waals surface area contributed by atoms with Crippen molar-refractivity contribution in [1.29, 1.82) is 0 Å². The van der Waals surface area contributed by atoms with Gasteiger partial charge in [-0.05, 0) is 16.7 Å². The molecule has 25 heavy (non-hydrogen) atoms. The van der Waals surface area contributed by atoms with Crippen LogP contribution in [0.1, 0.15) is 16.7 Å². The number of benzene rings is 3. The zero-order valence-corrected chi connectivity index (χ0v) is 14.4. The van der Waals surface area contributed by atoms with E-state index >= 15 is 0 Å². The molecule has 0 amide bonds. The summed E-state index contributed by atoms with van der Waals surface area (Å²) < 4.78 is 17.0. The topological polar surface area (TPSA) is 27.7 Å². The molecule has 3 aromatic rings. The van der Waals surface area contributed by atoms with E-state index in [4.69, 9.17) is 14.2 Å².